The van der Waals surface area contributed by atoms with E-state index >= 15 is 0 Å². The lowest BCUT2D eigenvalue weighted by Gasteiger charge is -2.57. The number of fused-ring (bicyclic) bond motifs is 3. The first-order valence-corrected chi connectivity index (χ1v) is 9.37. The van der Waals surface area contributed by atoms with Crippen LogP contribution in [0.2, 0.25) is 0 Å². The molecule has 7 heteroatoms. The van der Waals surface area contributed by atoms with Gasteiger partial charge < -0.3 is 19.7 Å². The van der Waals surface area contributed by atoms with Crippen molar-refractivity contribution >= 4 is 0 Å². The van der Waals surface area contributed by atoms with Crippen molar-refractivity contribution in [1.82, 2.24) is 14.7 Å². The Morgan fingerprint density at radius 3 is 3.00 bits per heavy atom. The van der Waals surface area contributed by atoms with Crippen LogP contribution in [0.1, 0.15) is 24.1 Å². The Labute approximate surface area is 148 Å². The molecule has 0 unspecified atom stereocenters. The van der Waals surface area contributed by atoms with Crippen molar-refractivity contribution in [3.8, 4) is 0 Å². The van der Waals surface area contributed by atoms with Crippen LogP contribution in [-0.2, 0) is 22.6 Å². The van der Waals surface area contributed by atoms with Crippen molar-refractivity contribution < 1.29 is 19.7 Å². The third kappa shape index (κ3) is 3.13. The highest BCUT2D eigenvalue weighted by atomic mass is 16.5. The highest BCUT2D eigenvalue weighted by Crippen LogP contribution is 2.44. The second-order valence-corrected chi connectivity index (χ2v) is 7.71. The van der Waals surface area contributed by atoms with E-state index in [-0.39, 0.29) is 18.4 Å². The van der Waals surface area contributed by atoms with Gasteiger partial charge in [0, 0.05) is 62.4 Å². The van der Waals surface area contributed by atoms with Crippen LogP contribution in [0, 0.1) is 18.8 Å². The summed E-state index contributed by atoms with van der Waals surface area (Å²) in [6, 6.07) is 0.341. The fourth-order valence-corrected chi connectivity index (χ4v) is 4.90. The van der Waals surface area contributed by atoms with Crippen LogP contribution in [-0.4, -0.2) is 76.1 Å². The number of aryl methyl sites for hydroxylation is 1. The topological polar surface area (TPSA) is 80.0 Å². The first kappa shape index (κ1) is 17.4. The number of hydrogen-bond acceptors (Lipinski definition) is 6. The molecule has 140 valence electrons. The van der Waals surface area contributed by atoms with E-state index in [9.17, 15) is 5.11 Å². The zero-order valence-electron chi connectivity index (χ0n) is 14.9. The Morgan fingerprint density at radius 2 is 2.16 bits per heavy atom. The van der Waals surface area contributed by atoms with Crippen LogP contribution in [0.25, 0.3) is 0 Å². The maximum atomic E-state index is 11.4. The molecule has 1 aromatic heterocycles. The highest BCUT2D eigenvalue weighted by molar-refractivity contribution is 5.17. The third-order valence-electron chi connectivity index (χ3n) is 6.31. The van der Waals surface area contributed by atoms with E-state index in [2.05, 4.69) is 10.00 Å². The van der Waals surface area contributed by atoms with Crippen molar-refractivity contribution in [2.75, 3.05) is 39.6 Å². The number of aliphatic hydroxyl groups excluding tert-OH is 1. The summed E-state index contributed by atoms with van der Waals surface area (Å²) in [5, 5.41) is 25.0. The minimum atomic E-state index is -0.657. The third-order valence-corrected chi connectivity index (χ3v) is 6.31. The molecule has 4 atom stereocenters. The Bertz CT molecular complexity index is 607. The van der Waals surface area contributed by atoms with E-state index in [1.807, 2.05) is 17.8 Å². The molecule has 0 spiro atoms. The van der Waals surface area contributed by atoms with Crippen LogP contribution < -0.4 is 0 Å². The Hall–Kier alpha value is -0.990. The summed E-state index contributed by atoms with van der Waals surface area (Å²) in [6.07, 6.45) is 3.71. The number of piperidine rings is 1. The molecule has 0 aliphatic carbocycles. The van der Waals surface area contributed by atoms with Gasteiger partial charge in [-0.2, -0.15) is 5.10 Å². The molecule has 7 nitrogen and oxygen atoms in total. The maximum Gasteiger partial charge on any atom is 0.0796 e. The molecule has 0 saturated carbocycles. The van der Waals surface area contributed by atoms with Gasteiger partial charge in [-0.05, 0) is 13.3 Å². The molecule has 0 radical (unpaired) electrons. The predicted octanol–water partition coefficient (Wildman–Crippen LogP) is 0.172. The number of nitrogens with zero attached hydrogens (tertiary/aromatic N) is 3. The van der Waals surface area contributed by atoms with Crippen molar-refractivity contribution in [1.29, 1.82) is 0 Å². The number of ether oxygens (including phenoxy) is 2. The van der Waals surface area contributed by atoms with Crippen molar-refractivity contribution in [2.24, 2.45) is 11.8 Å². The smallest absolute Gasteiger partial charge is 0.0796 e. The van der Waals surface area contributed by atoms with Crippen molar-refractivity contribution in [3.05, 3.63) is 17.5 Å². The zero-order chi connectivity index (χ0) is 17.4. The van der Waals surface area contributed by atoms with Gasteiger partial charge in [0.15, 0.2) is 0 Å². The SMILES string of the molecule is Cc1nn(CCO)cc1CN1C[C@@H]2COCC[C@]2(O)[C@H]2COCC[C@H]21. The van der Waals surface area contributed by atoms with E-state index in [0.717, 1.165) is 31.8 Å². The minimum Gasteiger partial charge on any atom is -0.394 e. The molecule has 4 rings (SSSR count). The average Bonchev–Trinajstić information content (AvgIpc) is 2.95. The summed E-state index contributed by atoms with van der Waals surface area (Å²) in [7, 11) is 0. The second-order valence-electron chi connectivity index (χ2n) is 7.71. The number of rotatable bonds is 4. The molecule has 0 amide bonds. The average molecular weight is 351 g/mol. The molecule has 3 aliphatic heterocycles. The molecular formula is C18H29N3O4. The van der Waals surface area contributed by atoms with Gasteiger partial charge in [0.25, 0.3) is 0 Å². The maximum absolute atomic E-state index is 11.4. The normalized spacial score (nSPS) is 36.0. The fourth-order valence-electron chi connectivity index (χ4n) is 4.90. The van der Waals surface area contributed by atoms with Gasteiger partial charge in [-0.1, -0.05) is 0 Å². The van der Waals surface area contributed by atoms with E-state index < -0.39 is 5.60 Å². The van der Waals surface area contributed by atoms with E-state index in [0.29, 0.717) is 38.8 Å². The summed E-state index contributed by atoms with van der Waals surface area (Å²) in [4.78, 5) is 2.49. The van der Waals surface area contributed by atoms with Gasteiger partial charge in [-0.25, -0.2) is 0 Å². The van der Waals surface area contributed by atoms with Crippen LogP contribution in [0.5, 0.6) is 0 Å². The summed E-state index contributed by atoms with van der Waals surface area (Å²) in [6.45, 7) is 6.98. The highest BCUT2D eigenvalue weighted by Gasteiger charge is 2.55. The largest absolute Gasteiger partial charge is 0.394 e. The molecule has 25 heavy (non-hydrogen) atoms. The van der Waals surface area contributed by atoms with E-state index in [1.54, 1.807) is 0 Å². The van der Waals surface area contributed by atoms with Gasteiger partial charge in [0.1, 0.15) is 0 Å². The summed E-state index contributed by atoms with van der Waals surface area (Å²) in [5.74, 6) is 0.286. The molecule has 1 aromatic rings. The van der Waals surface area contributed by atoms with Crippen molar-refractivity contribution in [3.63, 3.8) is 0 Å². The Morgan fingerprint density at radius 1 is 1.32 bits per heavy atom. The quantitative estimate of drug-likeness (QED) is 0.805. The first-order chi connectivity index (χ1) is 12.1. The number of aromatic nitrogens is 2. The lowest BCUT2D eigenvalue weighted by molar-refractivity contribution is -0.221. The van der Waals surface area contributed by atoms with Crippen LogP contribution in [0.3, 0.4) is 0 Å². The van der Waals surface area contributed by atoms with Gasteiger partial charge in [-0.3, -0.25) is 9.58 Å². The summed E-state index contributed by atoms with van der Waals surface area (Å²) < 4.78 is 13.2. The monoisotopic (exact) mass is 351 g/mol. The van der Waals surface area contributed by atoms with Crippen LogP contribution in [0.4, 0.5) is 0 Å². The zero-order valence-corrected chi connectivity index (χ0v) is 14.9. The van der Waals surface area contributed by atoms with E-state index in [4.69, 9.17) is 14.6 Å². The Balaban J connectivity index is 1.56. The molecule has 4 heterocycles. The van der Waals surface area contributed by atoms with Gasteiger partial charge in [0.2, 0.25) is 0 Å². The molecule has 2 N–H and O–H groups in total. The predicted molar refractivity (Wildman–Crippen MR) is 91.0 cm³/mol. The van der Waals surface area contributed by atoms with Gasteiger partial charge in [0.05, 0.1) is 37.7 Å². The van der Waals surface area contributed by atoms with Gasteiger partial charge >= 0.3 is 0 Å². The second kappa shape index (κ2) is 6.96. The number of likely N-dealkylation sites (tertiary alicyclic amines) is 1. The Kier molecular flexibility index (Phi) is 4.85. The number of hydrogen-bond donors (Lipinski definition) is 2. The fraction of sp³-hybridized carbons (Fsp3) is 0.833. The summed E-state index contributed by atoms with van der Waals surface area (Å²) >= 11 is 0. The molecule has 3 fully saturated rings. The number of aliphatic hydroxyl groups is 2. The molecule has 0 bridgehead atoms. The first-order valence-electron chi connectivity index (χ1n) is 9.37. The van der Waals surface area contributed by atoms with Crippen LogP contribution in [0.15, 0.2) is 6.20 Å². The van der Waals surface area contributed by atoms with Crippen LogP contribution >= 0.6 is 0 Å². The molecule has 3 saturated heterocycles. The molecule has 0 aromatic carbocycles. The van der Waals surface area contributed by atoms with Gasteiger partial charge in [-0.15, -0.1) is 0 Å². The molecular weight excluding hydrogens is 322 g/mol. The standard InChI is InChI=1S/C18H29N3O4/c1-13-14(9-21(19-13)4-5-22)8-20-10-15-11-25-7-3-18(15,23)16-12-24-6-2-17(16)20/h9,15-17,22-23H,2-8,10-12H2,1H3/t15-,16+,17-,18-/m1/s1. The van der Waals surface area contributed by atoms with Crippen molar-refractivity contribution in [2.45, 2.75) is 44.5 Å². The molecule has 3 aliphatic rings. The van der Waals surface area contributed by atoms with E-state index in [1.165, 1.54) is 5.56 Å². The lowest BCUT2D eigenvalue weighted by Crippen LogP contribution is -2.67. The minimum absolute atomic E-state index is 0.0960. The lowest BCUT2D eigenvalue weighted by atomic mass is 9.66. The summed E-state index contributed by atoms with van der Waals surface area (Å²) in [5.41, 5.74) is 1.55.